The van der Waals surface area contributed by atoms with Crippen molar-refractivity contribution in [1.82, 2.24) is 10.2 Å². The Morgan fingerprint density at radius 3 is 2.77 bits per heavy atom. The van der Waals surface area contributed by atoms with Crippen LogP contribution in [0.25, 0.3) is 11.5 Å². The molecule has 132 valence electrons. The molecule has 2 heterocycles. The van der Waals surface area contributed by atoms with Crippen molar-refractivity contribution in [3.63, 3.8) is 0 Å². The summed E-state index contributed by atoms with van der Waals surface area (Å²) in [5, 5.41) is 10.5. The molecule has 7 nitrogen and oxygen atoms in total. The highest BCUT2D eigenvalue weighted by Crippen LogP contribution is 2.32. The maximum atomic E-state index is 12.2. The minimum atomic E-state index is -0.250. The number of fused-ring (bicyclic) bond motifs is 1. The lowest BCUT2D eigenvalue weighted by Gasteiger charge is -2.03. The number of ether oxygens (including phenoxy) is 2. The second kappa shape index (κ2) is 6.51. The number of benzene rings is 2. The zero-order valence-electron chi connectivity index (χ0n) is 14.4. The Morgan fingerprint density at radius 2 is 1.92 bits per heavy atom. The molecule has 0 bridgehead atoms. The summed E-state index contributed by atoms with van der Waals surface area (Å²) < 4.78 is 16.1. The zero-order valence-corrected chi connectivity index (χ0v) is 14.4. The normalized spacial score (nSPS) is 12.2. The van der Waals surface area contributed by atoms with Gasteiger partial charge in [-0.05, 0) is 43.2 Å². The molecule has 0 fully saturated rings. The summed E-state index contributed by atoms with van der Waals surface area (Å²) in [6.45, 7) is 4.20. The van der Waals surface area contributed by atoms with E-state index in [1.54, 1.807) is 12.1 Å². The summed E-state index contributed by atoms with van der Waals surface area (Å²) >= 11 is 0. The van der Waals surface area contributed by atoms with Crippen molar-refractivity contribution in [3.8, 4) is 23.0 Å². The minimum Gasteiger partial charge on any atom is -0.454 e. The third-order valence-corrected chi connectivity index (χ3v) is 4.09. The smallest absolute Gasteiger partial charge is 0.322 e. The molecule has 2 aromatic carbocycles. The van der Waals surface area contributed by atoms with E-state index in [1.807, 2.05) is 38.1 Å². The average Bonchev–Trinajstić information content (AvgIpc) is 3.23. The van der Waals surface area contributed by atoms with E-state index in [0.29, 0.717) is 17.4 Å². The summed E-state index contributed by atoms with van der Waals surface area (Å²) in [5.41, 5.74) is 3.84. The van der Waals surface area contributed by atoms with Crippen molar-refractivity contribution in [2.24, 2.45) is 0 Å². The topological polar surface area (TPSA) is 86.5 Å². The molecule has 1 aliphatic heterocycles. The summed E-state index contributed by atoms with van der Waals surface area (Å²) in [4.78, 5) is 12.2. The number of carbonyl (C=O) groups excluding carboxylic acids is 1. The van der Waals surface area contributed by atoms with Crippen molar-refractivity contribution in [2.75, 3.05) is 12.1 Å². The van der Waals surface area contributed by atoms with Crippen LogP contribution in [0.4, 0.5) is 6.01 Å². The Labute approximate surface area is 150 Å². The molecular formula is C19H17N3O4. The van der Waals surface area contributed by atoms with Crippen LogP contribution in [0.2, 0.25) is 0 Å². The van der Waals surface area contributed by atoms with Gasteiger partial charge >= 0.3 is 6.01 Å². The zero-order chi connectivity index (χ0) is 18.1. The van der Waals surface area contributed by atoms with E-state index in [9.17, 15) is 4.79 Å². The molecule has 26 heavy (non-hydrogen) atoms. The molecule has 1 aromatic heterocycles. The van der Waals surface area contributed by atoms with Gasteiger partial charge in [0.1, 0.15) is 0 Å². The van der Waals surface area contributed by atoms with E-state index in [0.717, 1.165) is 22.3 Å². The molecule has 0 radical (unpaired) electrons. The number of nitrogens with one attached hydrogen (secondary N) is 1. The molecular weight excluding hydrogens is 334 g/mol. The van der Waals surface area contributed by atoms with Crippen LogP contribution in [0.3, 0.4) is 0 Å². The van der Waals surface area contributed by atoms with E-state index in [1.165, 1.54) is 0 Å². The lowest BCUT2D eigenvalue weighted by Crippen LogP contribution is -2.14. The van der Waals surface area contributed by atoms with Gasteiger partial charge in [-0.1, -0.05) is 28.9 Å². The average molecular weight is 351 g/mol. The van der Waals surface area contributed by atoms with Crippen molar-refractivity contribution < 1.29 is 18.7 Å². The van der Waals surface area contributed by atoms with Gasteiger partial charge < -0.3 is 13.9 Å². The molecule has 0 aliphatic carbocycles. The third kappa shape index (κ3) is 3.23. The predicted octanol–water partition coefficient (Wildman–Crippen LogP) is 3.26. The molecule has 1 N–H and O–H groups in total. The second-order valence-corrected chi connectivity index (χ2v) is 6.14. The first-order chi connectivity index (χ1) is 12.6. The highest BCUT2D eigenvalue weighted by Gasteiger charge is 2.16. The number of amides is 1. The van der Waals surface area contributed by atoms with E-state index in [2.05, 4.69) is 15.5 Å². The standard InChI is InChI=1S/C19H17N3O4/c1-11-3-5-14(12(2)7-11)18-21-22-19(26-18)20-17(23)9-13-4-6-15-16(8-13)25-10-24-15/h3-8H,9-10H2,1-2H3,(H,20,22,23). The quantitative estimate of drug-likeness (QED) is 0.776. The van der Waals surface area contributed by atoms with Gasteiger partial charge in [0.2, 0.25) is 18.6 Å². The van der Waals surface area contributed by atoms with Crippen molar-refractivity contribution in [3.05, 3.63) is 53.1 Å². The number of rotatable bonds is 4. The number of anilines is 1. The fourth-order valence-electron chi connectivity index (χ4n) is 2.84. The fraction of sp³-hybridized carbons (Fsp3) is 0.211. The van der Waals surface area contributed by atoms with Gasteiger partial charge in [-0.15, -0.1) is 5.10 Å². The second-order valence-electron chi connectivity index (χ2n) is 6.14. The van der Waals surface area contributed by atoms with Crippen LogP contribution in [-0.2, 0) is 11.2 Å². The van der Waals surface area contributed by atoms with Crippen molar-refractivity contribution in [1.29, 1.82) is 0 Å². The van der Waals surface area contributed by atoms with Crippen LogP contribution >= 0.6 is 0 Å². The highest BCUT2D eigenvalue weighted by atomic mass is 16.7. The highest BCUT2D eigenvalue weighted by molar-refractivity contribution is 5.90. The van der Waals surface area contributed by atoms with Gasteiger partial charge in [-0.25, -0.2) is 0 Å². The van der Waals surface area contributed by atoms with E-state index in [-0.39, 0.29) is 25.1 Å². The minimum absolute atomic E-state index is 0.0747. The van der Waals surface area contributed by atoms with Crippen LogP contribution in [-0.4, -0.2) is 22.9 Å². The number of hydrogen-bond acceptors (Lipinski definition) is 6. The Balaban J connectivity index is 1.44. The Morgan fingerprint density at radius 1 is 1.08 bits per heavy atom. The van der Waals surface area contributed by atoms with E-state index < -0.39 is 0 Å². The first kappa shape index (κ1) is 16.1. The van der Waals surface area contributed by atoms with Crippen LogP contribution in [0.5, 0.6) is 11.5 Å². The van der Waals surface area contributed by atoms with Gasteiger partial charge in [-0.3, -0.25) is 10.1 Å². The maximum Gasteiger partial charge on any atom is 0.322 e. The molecule has 1 amide bonds. The lowest BCUT2D eigenvalue weighted by atomic mass is 10.1. The van der Waals surface area contributed by atoms with Crippen LogP contribution in [0, 0.1) is 13.8 Å². The monoisotopic (exact) mass is 351 g/mol. The fourth-order valence-corrected chi connectivity index (χ4v) is 2.84. The maximum absolute atomic E-state index is 12.2. The Bertz CT molecular complexity index is 981. The lowest BCUT2D eigenvalue weighted by molar-refractivity contribution is -0.115. The largest absolute Gasteiger partial charge is 0.454 e. The number of hydrogen-bond donors (Lipinski definition) is 1. The first-order valence-electron chi connectivity index (χ1n) is 8.18. The van der Waals surface area contributed by atoms with Crippen LogP contribution in [0.1, 0.15) is 16.7 Å². The molecule has 3 aromatic rings. The van der Waals surface area contributed by atoms with Gasteiger partial charge in [0.05, 0.1) is 6.42 Å². The van der Waals surface area contributed by atoms with Crippen molar-refractivity contribution >= 4 is 11.9 Å². The number of carbonyl (C=O) groups is 1. The van der Waals surface area contributed by atoms with Crippen molar-refractivity contribution in [2.45, 2.75) is 20.3 Å². The molecule has 4 rings (SSSR count). The number of nitrogens with zero attached hydrogens (tertiary/aromatic N) is 2. The van der Waals surface area contributed by atoms with Crippen LogP contribution in [0.15, 0.2) is 40.8 Å². The first-order valence-corrected chi connectivity index (χ1v) is 8.18. The van der Waals surface area contributed by atoms with E-state index >= 15 is 0 Å². The molecule has 0 atom stereocenters. The Hall–Kier alpha value is -3.35. The van der Waals surface area contributed by atoms with Gasteiger partial charge in [0, 0.05) is 5.56 Å². The van der Waals surface area contributed by atoms with Gasteiger partial charge in [0.15, 0.2) is 11.5 Å². The summed E-state index contributed by atoms with van der Waals surface area (Å²) in [7, 11) is 0. The number of aryl methyl sites for hydroxylation is 2. The number of aromatic nitrogens is 2. The Kier molecular flexibility index (Phi) is 4.04. The summed E-state index contributed by atoms with van der Waals surface area (Å²) in [6, 6.07) is 11.4. The summed E-state index contributed by atoms with van der Waals surface area (Å²) in [5.74, 6) is 1.45. The summed E-state index contributed by atoms with van der Waals surface area (Å²) in [6.07, 6.45) is 0.165. The van der Waals surface area contributed by atoms with E-state index in [4.69, 9.17) is 13.9 Å². The molecule has 0 spiro atoms. The predicted molar refractivity (Wildman–Crippen MR) is 94.1 cm³/mol. The molecule has 0 saturated carbocycles. The third-order valence-electron chi connectivity index (χ3n) is 4.09. The molecule has 1 aliphatic rings. The van der Waals surface area contributed by atoms with Crippen LogP contribution < -0.4 is 14.8 Å². The molecule has 0 unspecified atom stereocenters. The SMILES string of the molecule is Cc1ccc(-c2nnc(NC(=O)Cc3ccc4c(c3)OCO4)o2)c(C)c1. The van der Waals surface area contributed by atoms with Gasteiger partial charge in [0.25, 0.3) is 0 Å². The van der Waals surface area contributed by atoms with Gasteiger partial charge in [-0.2, -0.15) is 0 Å². The molecule has 7 heteroatoms. The molecule has 0 saturated heterocycles.